The third-order valence-corrected chi connectivity index (χ3v) is 4.68. The predicted molar refractivity (Wildman–Crippen MR) is 104 cm³/mol. The Morgan fingerprint density at radius 1 is 0.542 bits per heavy atom. The number of hydrogen-bond acceptors (Lipinski definition) is 0. The second-order valence-corrected chi connectivity index (χ2v) is 6.09. The van der Waals surface area contributed by atoms with E-state index in [9.17, 15) is 0 Å². The summed E-state index contributed by atoms with van der Waals surface area (Å²) in [6, 6.07) is 32.6. The highest BCUT2D eigenvalue weighted by Crippen LogP contribution is 2.37. The summed E-state index contributed by atoms with van der Waals surface area (Å²) in [5.41, 5.74) is 6.59. The number of benzene rings is 4. The molecular formula is C24H20. The number of fused-ring (bicyclic) bond motifs is 1. The van der Waals surface area contributed by atoms with E-state index in [0.29, 0.717) is 0 Å². The van der Waals surface area contributed by atoms with Crippen LogP contribution in [0, 0.1) is 0 Å². The largest absolute Gasteiger partial charge is 0.0622 e. The van der Waals surface area contributed by atoms with E-state index in [1.165, 1.54) is 38.6 Å². The molecule has 4 rings (SSSR count). The van der Waals surface area contributed by atoms with Crippen LogP contribution >= 0.6 is 0 Å². The van der Waals surface area contributed by atoms with Gasteiger partial charge in [-0.15, -0.1) is 0 Å². The highest BCUT2D eigenvalue weighted by Gasteiger charge is 2.11. The van der Waals surface area contributed by atoms with Crippen molar-refractivity contribution in [2.24, 2.45) is 0 Å². The van der Waals surface area contributed by atoms with Gasteiger partial charge in [0.05, 0.1) is 0 Å². The Morgan fingerprint density at radius 2 is 1.12 bits per heavy atom. The van der Waals surface area contributed by atoms with Crippen LogP contribution in [0.1, 0.15) is 12.5 Å². The first kappa shape index (κ1) is 14.7. The topological polar surface area (TPSA) is 0 Å². The fourth-order valence-electron chi connectivity index (χ4n) is 3.50. The molecule has 0 spiro atoms. The quantitative estimate of drug-likeness (QED) is 0.393. The lowest BCUT2D eigenvalue weighted by Gasteiger charge is -2.15. The molecule has 4 aromatic carbocycles. The Kier molecular flexibility index (Phi) is 3.88. The molecule has 0 atom stereocenters. The summed E-state index contributed by atoms with van der Waals surface area (Å²) < 4.78 is 0. The van der Waals surface area contributed by atoms with Crippen LogP contribution in [-0.4, -0.2) is 0 Å². The van der Waals surface area contributed by atoms with Crippen LogP contribution in [0.3, 0.4) is 0 Å². The van der Waals surface area contributed by atoms with Gasteiger partial charge >= 0.3 is 0 Å². The summed E-state index contributed by atoms with van der Waals surface area (Å²) in [5, 5.41) is 2.72. The molecule has 0 fully saturated rings. The second-order valence-electron chi connectivity index (χ2n) is 6.09. The van der Waals surface area contributed by atoms with E-state index < -0.39 is 0 Å². The van der Waals surface area contributed by atoms with Gasteiger partial charge in [0.15, 0.2) is 0 Å². The minimum atomic E-state index is 1.04. The van der Waals surface area contributed by atoms with Crippen LogP contribution in [0.15, 0.2) is 91.0 Å². The number of rotatable bonds is 3. The van der Waals surface area contributed by atoms with Crippen LogP contribution in [0.5, 0.6) is 0 Å². The van der Waals surface area contributed by atoms with Crippen molar-refractivity contribution in [2.45, 2.75) is 13.3 Å². The zero-order valence-electron chi connectivity index (χ0n) is 13.9. The maximum absolute atomic E-state index is 2.28. The zero-order valence-corrected chi connectivity index (χ0v) is 13.9. The fourth-order valence-corrected chi connectivity index (χ4v) is 3.50. The third-order valence-electron chi connectivity index (χ3n) is 4.68. The standard InChI is InChI=1S/C24H20/c1-2-18-14-9-15-23-21(19-10-5-3-6-11-19)16-17-22(24(18)23)20-12-7-4-8-13-20/h3-17H,2H2,1H3. The molecule has 0 aromatic heterocycles. The predicted octanol–water partition coefficient (Wildman–Crippen LogP) is 6.74. The van der Waals surface area contributed by atoms with E-state index in [-0.39, 0.29) is 0 Å². The normalized spacial score (nSPS) is 10.9. The van der Waals surface area contributed by atoms with Crippen molar-refractivity contribution in [1.82, 2.24) is 0 Å². The molecule has 0 amide bonds. The maximum Gasteiger partial charge on any atom is -0.00672 e. The van der Waals surface area contributed by atoms with Crippen molar-refractivity contribution >= 4 is 10.8 Å². The summed E-state index contributed by atoms with van der Waals surface area (Å²) >= 11 is 0. The Morgan fingerprint density at radius 3 is 1.75 bits per heavy atom. The first-order valence-electron chi connectivity index (χ1n) is 8.54. The monoisotopic (exact) mass is 308 g/mol. The first-order chi connectivity index (χ1) is 11.9. The van der Waals surface area contributed by atoms with E-state index in [1.54, 1.807) is 0 Å². The summed E-state index contributed by atoms with van der Waals surface area (Å²) in [4.78, 5) is 0. The highest BCUT2D eigenvalue weighted by atomic mass is 14.2. The van der Waals surface area contributed by atoms with Gasteiger partial charge in [-0.25, -0.2) is 0 Å². The van der Waals surface area contributed by atoms with Crippen molar-refractivity contribution in [3.8, 4) is 22.3 Å². The SMILES string of the molecule is CCc1cccc2c(-c3ccccc3)ccc(-c3ccccc3)c12. The lowest BCUT2D eigenvalue weighted by atomic mass is 9.89. The average molecular weight is 308 g/mol. The van der Waals surface area contributed by atoms with Crippen molar-refractivity contribution in [2.75, 3.05) is 0 Å². The molecule has 0 bridgehead atoms. The molecule has 0 saturated carbocycles. The van der Waals surface area contributed by atoms with Crippen LogP contribution in [0.4, 0.5) is 0 Å². The summed E-state index contributed by atoms with van der Waals surface area (Å²) in [6.45, 7) is 2.23. The minimum absolute atomic E-state index is 1.04. The van der Waals surface area contributed by atoms with Crippen molar-refractivity contribution in [1.29, 1.82) is 0 Å². The molecule has 0 aliphatic heterocycles. The Bertz CT molecular complexity index is 967. The van der Waals surface area contributed by atoms with Gasteiger partial charge in [-0.05, 0) is 45.0 Å². The van der Waals surface area contributed by atoms with Gasteiger partial charge in [0, 0.05) is 0 Å². The van der Waals surface area contributed by atoms with Crippen molar-refractivity contribution in [3.05, 3.63) is 96.6 Å². The van der Waals surface area contributed by atoms with Gasteiger partial charge in [0.1, 0.15) is 0 Å². The van der Waals surface area contributed by atoms with E-state index in [2.05, 4.69) is 97.9 Å². The lowest BCUT2D eigenvalue weighted by molar-refractivity contribution is 1.16. The second kappa shape index (κ2) is 6.33. The van der Waals surface area contributed by atoms with E-state index in [4.69, 9.17) is 0 Å². The molecule has 0 N–H and O–H groups in total. The Labute approximate surface area is 143 Å². The molecule has 0 radical (unpaired) electrons. The van der Waals surface area contributed by atoms with Crippen LogP contribution in [-0.2, 0) is 6.42 Å². The number of hydrogen-bond donors (Lipinski definition) is 0. The molecule has 116 valence electrons. The summed E-state index contributed by atoms with van der Waals surface area (Å²) in [6.07, 6.45) is 1.04. The van der Waals surface area contributed by atoms with Gasteiger partial charge in [0.2, 0.25) is 0 Å². The molecule has 0 aliphatic rings. The van der Waals surface area contributed by atoms with Gasteiger partial charge in [0.25, 0.3) is 0 Å². The first-order valence-corrected chi connectivity index (χ1v) is 8.54. The molecule has 0 heterocycles. The molecule has 24 heavy (non-hydrogen) atoms. The zero-order chi connectivity index (χ0) is 16.4. The van der Waals surface area contributed by atoms with Crippen LogP contribution in [0.2, 0.25) is 0 Å². The Balaban J connectivity index is 2.07. The highest BCUT2D eigenvalue weighted by molar-refractivity contribution is 6.06. The average Bonchev–Trinajstić information content (AvgIpc) is 2.68. The van der Waals surface area contributed by atoms with E-state index in [0.717, 1.165) is 6.42 Å². The molecule has 4 aromatic rings. The van der Waals surface area contributed by atoms with Crippen LogP contribution in [0.25, 0.3) is 33.0 Å². The van der Waals surface area contributed by atoms with Crippen LogP contribution < -0.4 is 0 Å². The molecule has 0 aliphatic carbocycles. The smallest absolute Gasteiger partial charge is 0.00672 e. The molecule has 0 unspecified atom stereocenters. The number of aryl methyl sites for hydroxylation is 1. The molecule has 0 nitrogen and oxygen atoms in total. The van der Waals surface area contributed by atoms with Gasteiger partial charge in [-0.3, -0.25) is 0 Å². The van der Waals surface area contributed by atoms with E-state index in [1.807, 2.05) is 0 Å². The van der Waals surface area contributed by atoms with E-state index >= 15 is 0 Å². The van der Waals surface area contributed by atoms with Gasteiger partial charge < -0.3 is 0 Å². The molecular weight excluding hydrogens is 288 g/mol. The van der Waals surface area contributed by atoms with Crippen molar-refractivity contribution < 1.29 is 0 Å². The fraction of sp³-hybridized carbons (Fsp3) is 0.0833. The van der Waals surface area contributed by atoms with Crippen molar-refractivity contribution in [3.63, 3.8) is 0 Å². The third kappa shape index (κ3) is 2.51. The van der Waals surface area contributed by atoms with Gasteiger partial charge in [-0.1, -0.05) is 97.9 Å². The minimum Gasteiger partial charge on any atom is -0.0622 e. The summed E-state index contributed by atoms with van der Waals surface area (Å²) in [7, 11) is 0. The maximum atomic E-state index is 2.28. The lowest BCUT2D eigenvalue weighted by Crippen LogP contribution is -1.91. The summed E-state index contributed by atoms with van der Waals surface area (Å²) in [5.74, 6) is 0. The van der Waals surface area contributed by atoms with Gasteiger partial charge in [-0.2, -0.15) is 0 Å². The Hall–Kier alpha value is -2.86. The molecule has 0 heteroatoms. The molecule has 0 saturated heterocycles.